The highest BCUT2D eigenvalue weighted by Gasteiger charge is 2.35. The van der Waals surface area contributed by atoms with Gasteiger partial charge >= 0.3 is 5.69 Å². The van der Waals surface area contributed by atoms with Crippen LogP contribution in [0.15, 0.2) is 4.99 Å². The zero-order chi connectivity index (χ0) is 17.3. The minimum absolute atomic E-state index is 0.0667. The number of rotatable bonds is 11. The summed E-state index contributed by atoms with van der Waals surface area (Å²) in [5.41, 5.74) is -2.27. The maximum Gasteiger partial charge on any atom is 0.393 e. The average Bonchev–Trinajstić information content (AvgIpc) is 2.36. The fourth-order valence-corrected chi connectivity index (χ4v) is 8.00. The molecule has 0 aromatic heterocycles. The van der Waals surface area contributed by atoms with E-state index in [1.54, 1.807) is 11.4 Å². The molecular weight excluding hydrogens is 333 g/mol. The fraction of sp³-hybridized carbons (Fsp3) is 0.938. The summed E-state index contributed by atoms with van der Waals surface area (Å²) < 4.78 is 10.6. The minimum Gasteiger partial charge on any atom is -0.393 e. The Balaban J connectivity index is 4.85. The molecule has 0 bridgehead atoms. The van der Waals surface area contributed by atoms with Crippen molar-refractivity contribution in [1.82, 2.24) is 0 Å². The van der Waals surface area contributed by atoms with Crippen molar-refractivity contribution in [2.45, 2.75) is 84.4 Å². The van der Waals surface area contributed by atoms with Crippen molar-refractivity contribution >= 4 is 35.1 Å². The van der Waals surface area contributed by atoms with Gasteiger partial charge in [0.2, 0.25) is 0 Å². The van der Waals surface area contributed by atoms with Crippen LogP contribution in [0.3, 0.4) is 0 Å². The van der Waals surface area contributed by atoms with Crippen LogP contribution in [0, 0.1) is 0 Å². The van der Waals surface area contributed by atoms with Crippen LogP contribution < -0.4 is 0 Å². The van der Waals surface area contributed by atoms with Gasteiger partial charge in [-0.3, -0.25) is 9.52 Å². The summed E-state index contributed by atoms with van der Waals surface area (Å²) >= 11 is 7.49. The van der Waals surface area contributed by atoms with Gasteiger partial charge in [0, 0.05) is 24.4 Å². The highest BCUT2D eigenvalue weighted by atomic mass is 32.9. The first-order valence-corrected chi connectivity index (χ1v) is 12.3. The van der Waals surface area contributed by atoms with E-state index in [0.29, 0.717) is 6.61 Å². The van der Waals surface area contributed by atoms with E-state index >= 15 is 0 Å². The van der Waals surface area contributed by atoms with E-state index < -0.39 is 5.69 Å². The van der Waals surface area contributed by atoms with Gasteiger partial charge in [0.1, 0.15) is 6.61 Å². The van der Waals surface area contributed by atoms with Crippen LogP contribution >= 0.6 is 17.1 Å². The summed E-state index contributed by atoms with van der Waals surface area (Å²) in [5, 5.41) is 0. The highest BCUT2D eigenvalue weighted by molar-refractivity contribution is 8.68. The molecule has 0 aliphatic heterocycles. The number of aliphatic hydroxyl groups is 1. The summed E-state index contributed by atoms with van der Waals surface area (Å²) in [6.07, 6.45) is 6.37. The summed E-state index contributed by atoms with van der Waals surface area (Å²) in [4.78, 5) is 4.63. The Morgan fingerprint density at radius 1 is 1.14 bits per heavy atom. The molecule has 0 aliphatic rings. The minimum atomic E-state index is -2.20. The molecule has 0 aromatic rings. The molecule has 3 nitrogen and oxygen atoms in total. The zero-order valence-electron chi connectivity index (χ0n) is 15.4. The lowest BCUT2D eigenvalue weighted by atomic mass is 10.1. The Morgan fingerprint density at radius 2 is 1.73 bits per heavy atom. The average molecular weight is 369 g/mol. The number of hydrogen-bond acceptors (Lipinski definition) is 4. The normalized spacial score (nSPS) is 16.1. The molecule has 0 saturated heterocycles. The van der Waals surface area contributed by atoms with Gasteiger partial charge in [-0.15, -0.1) is 0 Å². The molecule has 1 atom stereocenters. The number of unbranched alkanes of at least 4 members (excludes halogenated alkanes) is 2. The molecule has 0 amide bonds. The second kappa shape index (κ2) is 10.5. The standard InChI is InChI=1S/C16H34NO2PS2/c1-8-10-12-18-20(21,19-13-11-9-2)22-16(6,7)14-17-15(3,4)5/h14H,8-13H2,1-7H3/p+1. The van der Waals surface area contributed by atoms with Gasteiger partial charge in [0.15, 0.2) is 0 Å². The van der Waals surface area contributed by atoms with Crippen molar-refractivity contribution in [3.05, 3.63) is 0 Å². The molecule has 0 saturated carbocycles. The number of hydrogen-bond donors (Lipinski definition) is 0. The highest BCUT2D eigenvalue weighted by Crippen LogP contribution is 2.63. The van der Waals surface area contributed by atoms with Crippen molar-refractivity contribution in [3.63, 3.8) is 0 Å². The van der Waals surface area contributed by atoms with Crippen LogP contribution in [-0.4, -0.2) is 34.2 Å². The Morgan fingerprint density at radius 3 is 2.23 bits per heavy atom. The number of nitrogens with zero attached hydrogens (tertiary/aromatic N) is 1. The van der Waals surface area contributed by atoms with E-state index in [1.807, 2.05) is 6.21 Å². The van der Waals surface area contributed by atoms with Gasteiger partial charge in [0.25, 0.3) is 0 Å². The Kier molecular flexibility index (Phi) is 10.7. The summed E-state index contributed by atoms with van der Waals surface area (Å²) in [6, 6.07) is 0. The maximum absolute atomic E-state index is 6.04. The van der Waals surface area contributed by atoms with E-state index in [4.69, 9.17) is 20.9 Å². The fourth-order valence-electron chi connectivity index (χ4n) is 1.44. The van der Waals surface area contributed by atoms with Crippen molar-refractivity contribution in [2.75, 3.05) is 13.2 Å². The molecular formula is C16H35NO2PS2+. The third-order valence-corrected chi connectivity index (χ3v) is 8.61. The van der Waals surface area contributed by atoms with Crippen LogP contribution in [0.1, 0.15) is 74.1 Å². The molecule has 1 unspecified atom stereocenters. The first kappa shape index (κ1) is 22.6. The predicted molar refractivity (Wildman–Crippen MR) is 107 cm³/mol. The van der Waals surface area contributed by atoms with E-state index in [-0.39, 0.29) is 10.3 Å². The lowest BCUT2D eigenvalue weighted by molar-refractivity contribution is 0.125. The van der Waals surface area contributed by atoms with E-state index in [1.165, 1.54) is 0 Å². The van der Waals surface area contributed by atoms with Crippen LogP contribution in [0.2, 0.25) is 0 Å². The monoisotopic (exact) mass is 368 g/mol. The smallest absolute Gasteiger partial charge is 0.393 e. The van der Waals surface area contributed by atoms with Gasteiger partial charge in [-0.25, -0.2) is 0 Å². The third kappa shape index (κ3) is 12.1. The van der Waals surface area contributed by atoms with Gasteiger partial charge < -0.3 is 4.52 Å². The van der Waals surface area contributed by atoms with E-state index in [9.17, 15) is 0 Å². The van der Waals surface area contributed by atoms with Gasteiger partial charge in [-0.1, -0.05) is 20.3 Å². The maximum atomic E-state index is 6.04. The third-order valence-electron chi connectivity index (χ3n) is 2.65. The molecule has 1 N–H and O–H groups in total. The second-order valence-corrected chi connectivity index (χ2v) is 13.9. The first-order valence-electron chi connectivity index (χ1n) is 8.24. The molecule has 0 spiro atoms. The first-order chi connectivity index (χ1) is 10.0. The topological polar surface area (TPSA) is 34.4 Å². The van der Waals surface area contributed by atoms with Crippen molar-refractivity contribution < 1.29 is 9.05 Å². The summed E-state index contributed by atoms with van der Waals surface area (Å²) in [7, 11) is 0. The summed E-state index contributed by atoms with van der Waals surface area (Å²) in [5.74, 6) is 0. The Labute approximate surface area is 147 Å². The molecule has 22 heavy (non-hydrogen) atoms. The molecule has 0 heterocycles. The lowest BCUT2D eigenvalue weighted by Crippen LogP contribution is -2.21. The molecule has 0 aromatic carbocycles. The SMILES string of the molecule is CCCCOP(=S)([OH+]CCCC)SC(C)(C)C=NC(C)(C)C. The quantitative estimate of drug-likeness (QED) is 0.202. The molecule has 0 rings (SSSR count). The van der Waals surface area contributed by atoms with E-state index in [0.717, 1.165) is 32.3 Å². The van der Waals surface area contributed by atoms with Crippen LogP contribution in [0.4, 0.5) is 0 Å². The van der Waals surface area contributed by atoms with Crippen molar-refractivity contribution in [3.8, 4) is 0 Å². The van der Waals surface area contributed by atoms with Crippen molar-refractivity contribution in [2.24, 2.45) is 4.99 Å². The van der Waals surface area contributed by atoms with Crippen LogP contribution in [0.25, 0.3) is 0 Å². The second-order valence-electron chi connectivity index (χ2n) is 7.00. The molecule has 0 aliphatic carbocycles. The van der Waals surface area contributed by atoms with Gasteiger partial charge in [0.05, 0.1) is 16.9 Å². The van der Waals surface area contributed by atoms with Gasteiger partial charge in [-0.05, 0) is 58.8 Å². The Hall–Kier alpha value is 0.590. The van der Waals surface area contributed by atoms with Gasteiger partial charge in [-0.2, -0.15) is 0 Å². The number of aliphatic imine (C=N–C) groups is 1. The molecule has 6 heteroatoms. The van der Waals surface area contributed by atoms with Crippen molar-refractivity contribution in [1.29, 1.82) is 0 Å². The molecule has 132 valence electrons. The largest absolute Gasteiger partial charge is 0.393 e. The summed E-state index contributed by atoms with van der Waals surface area (Å²) in [6.45, 7) is 16.4. The van der Waals surface area contributed by atoms with E-state index in [2.05, 4.69) is 53.5 Å². The van der Waals surface area contributed by atoms with Crippen LogP contribution in [0.5, 0.6) is 0 Å². The lowest BCUT2D eigenvalue weighted by Gasteiger charge is -2.26. The van der Waals surface area contributed by atoms with Crippen LogP contribution in [-0.2, 0) is 16.3 Å². The molecule has 0 radical (unpaired) electrons. The predicted octanol–water partition coefficient (Wildman–Crippen LogP) is 5.74. The Bertz CT molecular complexity index is 365. The molecule has 0 fully saturated rings. The zero-order valence-corrected chi connectivity index (χ0v) is 17.9.